The highest BCUT2D eigenvalue weighted by molar-refractivity contribution is 7.89. The highest BCUT2D eigenvalue weighted by atomic mass is 32.2. The van der Waals surface area contributed by atoms with Crippen LogP contribution >= 0.6 is 0 Å². The first-order valence-corrected chi connectivity index (χ1v) is 6.82. The fraction of sp³-hybridized carbons (Fsp3) is 0.556. The Kier molecular flexibility index (Phi) is 3.37. The summed E-state index contributed by atoms with van der Waals surface area (Å²) >= 11 is 0. The molecule has 0 radical (unpaired) electrons. The molecular formula is C9H13N3O5S. The fourth-order valence-corrected chi connectivity index (χ4v) is 3.80. The number of aromatic nitrogens is 2. The Bertz CT molecular complexity index is 552. The third-order valence-corrected chi connectivity index (χ3v) is 4.86. The van der Waals surface area contributed by atoms with Gasteiger partial charge in [0.05, 0.1) is 12.8 Å². The quantitative estimate of drug-likeness (QED) is 0.664. The lowest BCUT2D eigenvalue weighted by Crippen LogP contribution is -2.38. The van der Waals surface area contributed by atoms with Crippen molar-refractivity contribution in [3.8, 4) is 0 Å². The van der Waals surface area contributed by atoms with Gasteiger partial charge in [0, 0.05) is 12.6 Å². The van der Waals surface area contributed by atoms with Crippen molar-refractivity contribution in [2.24, 2.45) is 0 Å². The molecule has 2 heterocycles. The summed E-state index contributed by atoms with van der Waals surface area (Å²) in [7, 11) is -3.96. The Morgan fingerprint density at radius 1 is 1.61 bits per heavy atom. The van der Waals surface area contributed by atoms with E-state index in [4.69, 9.17) is 10.2 Å². The van der Waals surface area contributed by atoms with E-state index in [2.05, 4.69) is 10.2 Å². The molecule has 0 saturated carbocycles. The van der Waals surface area contributed by atoms with E-state index in [0.29, 0.717) is 12.8 Å². The number of nitrogens with zero attached hydrogens (tertiary/aromatic N) is 2. The Morgan fingerprint density at radius 3 is 2.94 bits per heavy atom. The fourth-order valence-electron chi connectivity index (χ4n) is 2.05. The number of aliphatic hydroxyl groups excluding tert-OH is 1. The first-order valence-electron chi connectivity index (χ1n) is 5.38. The zero-order valence-electron chi connectivity index (χ0n) is 9.40. The maximum atomic E-state index is 12.3. The number of hydrogen-bond acceptors (Lipinski definition) is 5. The summed E-state index contributed by atoms with van der Waals surface area (Å²) in [6.45, 7) is -0.0125. The molecule has 0 bridgehead atoms. The van der Waals surface area contributed by atoms with Gasteiger partial charge in [0.2, 0.25) is 0 Å². The molecule has 0 amide bonds. The topological polar surface area (TPSA) is 124 Å². The lowest BCUT2D eigenvalue weighted by atomic mass is 10.2. The van der Waals surface area contributed by atoms with Crippen LogP contribution in [-0.4, -0.2) is 58.3 Å². The van der Waals surface area contributed by atoms with Gasteiger partial charge in [0.25, 0.3) is 10.0 Å². The van der Waals surface area contributed by atoms with Gasteiger partial charge in [-0.1, -0.05) is 0 Å². The second-order valence-electron chi connectivity index (χ2n) is 4.01. The number of aliphatic hydroxyl groups is 1. The number of H-pyrrole nitrogens is 1. The van der Waals surface area contributed by atoms with Crippen molar-refractivity contribution < 1.29 is 23.4 Å². The molecule has 1 aromatic heterocycles. The summed E-state index contributed by atoms with van der Waals surface area (Å²) in [6, 6.07) is -0.500. The third-order valence-electron chi connectivity index (χ3n) is 2.94. The van der Waals surface area contributed by atoms with Crippen molar-refractivity contribution in [2.45, 2.75) is 23.9 Å². The van der Waals surface area contributed by atoms with Crippen molar-refractivity contribution in [1.29, 1.82) is 0 Å². The van der Waals surface area contributed by atoms with E-state index in [1.807, 2.05) is 0 Å². The molecule has 1 fully saturated rings. The Labute approximate surface area is 103 Å². The molecule has 18 heavy (non-hydrogen) atoms. The highest BCUT2D eigenvalue weighted by Gasteiger charge is 2.38. The molecular weight excluding hydrogens is 262 g/mol. The van der Waals surface area contributed by atoms with Crippen LogP contribution in [0.4, 0.5) is 0 Å². The molecule has 1 atom stereocenters. The minimum atomic E-state index is -3.96. The molecule has 100 valence electrons. The standard InChI is InChI=1S/C9H13N3O5S/c13-5-6-2-1-3-12(6)18(16,17)8-7(9(14)15)4-10-11-8/h4,6,13H,1-3,5H2,(H,10,11)(H,14,15). The van der Waals surface area contributed by atoms with E-state index in [9.17, 15) is 13.2 Å². The van der Waals surface area contributed by atoms with Crippen LogP contribution in [0.1, 0.15) is 23.2 Å². The van der Waals surface area contributed by atoms with Gasteiger partial charge < -0.3 is 10.2 Å². The molecule has 0 aromatic carbocycles. The molecule has 1 aliphatic heterocycles. The summed E-state index contributed by atoms with van der Waals surface area (Å²) in [5, 5.41) is 23.2. The van der Waals surface area contributed by atoms with Crippen LogP contribution in [0.5, 0.6) is 0 Å². The van der Waals surface area contributed by atoms with Crippen molar-refractivity contribution in [1.82, 2.24) is 14.5 Å². The van der Waals surface area contributed by atoms with Gasteiger partial charge in [0.1, 0.15) is 5.56 Å². The number of rotatable bonds is 4. The molecule has 3 N–H and O–H groups in total. The van der Waals surface area contributed by atoms with Crippen molar-refractivity contribution in [3.63, 3.8) is 0 Å². The Hall–Kier alpha value is -1.45. The van der Waals surface area contributed by atoms with Crippen LogP contribution in [0.15, 0.2) is 11.2 Å². The molecule has 1 saturated heterocycles. The lowest BCUT2D eigenvalue weighted by Gasteiger charge is -2.21. The van der Waals surface area contributed by atoms with Crippen molar-refractivity contribution >= 4 is 16.0 Å². The first kappa shape index (κ1) is 13.0. The monoisotopic (exact) mass is 275 g/mol. The average Bonchev–Trinajstić information content (AvgIpc) is 2.98. The van der Waals surface area contributed by atoms with Crippen LogP contribution in [0.25, 0.3) is 0 Å². The molecule has 1 aliphatic rings. The summed E-state index contributed by atoms with van der Waals surface area (Å²) in [5.74, 6) is -1.36. The maximum absolute atomic E-state index is 12.3. The number of carboxylic acids is 1. The smallest absolute Gasteiger partial charge is 0.340 e. The molecule has 1 unspecified atom stereocenters. The molecule has 1 aromatic rings. The minimum absolute atomic E-state index is 0.269. The van der Waals surface area contributed by atoms with E-state index >= 15 is 0 Å². The number of aromatic carboxylic acids is 1. The Morgan fingerprint density at radius 2 is 2.33 bits per heavy atom. The van der Waals surface area contributed by atoms with E-state index in [1.165, 1.54) is 0 Å². The highest BCUT2D eigenvalue weighted by Crippen LogP contribution is 2.26. The maximum Gasteiger partial charge on any atom is 0.340 e. The van der Waals surface area contributed by atoms with E-state index in [-0.39, 0.29) is 13.2 Å². The van der Waals surface area contributed by atoms with Crippen molar-refractivity contribution in [3.05, 3.63) is 11.8 Å². The number of nitrogens with one attached hydrogen (secondary N) is 1. The lowest BCUT2D eigenvalue weighted by molar-refractivity contribution is 0.0692. The van der Waals surface area contributed by atoms with Gasteiger partial charge in [0.15, 0.2) is 5.03 Å². The summed E-state index contributed by atoms with van der Waals surface area (Å²) < 4.78 is 25.7. The molecule has 0 spiro atoms. The minimum Gasteiger partial charge on any atom is -0.478 e. The van der Waals surface area contributed by atoms with Gasteiger partial charge in [-0.25, -0.2) is 13.2 Å². The van der Waals surface area contributed by atoms with Crippen LogP contribution in [0.2, 0.25) is 0 Å². The van der Waals surface area contributed by atoms with E-state index < -0.39 is 32.6 Å². The van der Waals surface area contributed by atoms with Crippen LogP contribution in [0.3, 0.4) is 0 Å². The van der Waals surface area contributed by atoms with E-state index in [0.717, 1.165) is 10.5 Å². The van der Waals surface area contributed by atoms with Crippen LogP contribution in [-0.2, 0) is 10.0 Å². The van der Waals surface area contributed by atoms with Gasteiger partial charge in [-0.2, -0.15) is 9.40 Å². The Balaban J connectivity index is 2.42. The average molecular weight is 275 g/mol. The second kappa shape index (κ2) is 4.67. The summed E-state index contributed by atoms with van der Waals surface area (Å²) in [4.78, 5) is 10.9. The van der Waals surface area contributed by atoms with E-state index in [1.54, 1.807) is 0 Å². The third kappa shape index (κ3) is 2.00. The SMILES string of the molecule is O=C(O)c1cn[nH]c1S(=O)(=O)N1CCCC1CO. The number of sulfonamides is 1. The van der Waals surface area contributed by atoms with Crippen molar-refractivity contribution in [2.75, 3.05) is 13.2 Å². The van der Waals surface area contributed by atoms with Gasteiger partial charge >= 0.3 is 5.97 Å². The number of hydrogen-bond donors (Lipinski definition) is 3. The second-order valence-corrected chi connectivity index (χ2v) is 5.84. The van der Waals surface area contributed by atoms with Crippen LogP contribution in [0, 0.1) is 0 Å². The predicted molar refractivity (Wildman–Crippen MR) is 59.5 cm³/mol. The largest absolute Gasteiger partial charge is 0.478 e. The predicted octanol–water partition coefficient (Wildman–Crippen LogP) is -0.747. The van der Waals surface area contributed by atoms with Gasteiger partial charge in [-0.3, -0.25) is 5.10 Å². The number of carboxylic acid groups (broad SMARTS) is 1. The first-order chi connectivity index (χ1) is 8.48. The molecule has 8 nitrogen and oxygen atoms in total. The number of aromatic amines is 1. The van der Waals surface area contributed by atoms with Crippen LogP contribution < -0.4 is 0 Å². The molecule has 9 heteroatoms. The number of carbonyl (C=O) groups is 1. The molecule has 2 rings (SSSR count). The van der Waals surface area contributed by atoms with Gasteiger partial charge in [-0.05, 0) is 12.8 Å². The van der Waals surface area contributed by atoms with Gasteiger partial charge in [-0.15, -0.1) is 0 Å². The zero-order chi connectivity index (χ0) is 13.3. The normalized spacial score (nSPS) is 21.3. The zero-order valence-corrected chi connectivity index (χ0v) is 10.2. The summed E-state index contributed by atoms with van der Waals surface area (Å²) in [6.07, 6.45) is 2.16. The molecule has 0 aliphatic carbocycles. The summed E-state index contributed by atoms with van der Waals surface area (Å²) in [5.41, 5.74) is -0.390.